The molecule has 0 spiro atoms. The van der Waals surface area contributed by atoms with E-state index in [9.17, 15) is 8.42 Å². The molecule has 1 aliphatic rings. The third-order valence-electron chi connectivity index (χ3n) is 5.08. The van der Waals surface area contributed by atoms with Crippen molar-refractivity contribution in [2.45, 2.75) is 43.6 Å². The topological polar surface area (TPSA) is 64.6 Å². The highest BCUT2D eigenvalue weighted by atomic mass is 32.2. The predicted molar refractivity (Wildman–Crippen MR) is 106 cm³/mol. The van der Waals surface area contributed by atoms with Crippen molar-refractivity contribution in [3.63, 3.8) is 0 Å². The van der Waals surface area contributed by atoms with Crippen molar-refractivity contribution < 1.29 is 17.9 Å². The number of aryl methyl sites for hydroxylation is 1. The van der Waals surface area contributed by atoms with E-state index in [0.29, 0.717) is 19.4 Å². The molecule has 1 N–H and O–H groups in total. The number of sulfonamides is 1. The van der Waals surface area contributed by atoms with Crippen LogP contribution in [0.3, 0.4) is 0 Å². The molecule has 0 aliphatic heterocycles. The van der Waals surface area contributed by atoms with E-state index in [-0.39, 0.29) is 11.4 Å². The molecule has 0 heterocycles. The van der Waals surface area contributed by atoms with Gasteiger partial charge in [0.15, 0.2) is 0 Å². The zero-order valence-corrected chi connectivity index (χ0v) is 16.9. The van der Waals surface area contributed by atoms with Gasteiger partial charge in [0.05, 0.1) is 17.1 Å². The molecule has 5 nitrogen and oxygen atoms in total. The van der Waals surface area contributed by atoms with Crippen LogP contribution in [0.1, 0.15) is 30.0 Å². The molecule has 146 valence electrons. The lowest BCUT2D eigenvalue weighted by atomic mass is 10.0. The quantitative estimate of drug-likeness (QED) is 0.753. The summed E-state index contributed by atoms with van der Waals surface area (Å²) in [4.78, 5) is 0.241. The number of hydrogen-bond donors (Lipinski definition) is 1. The Hall–Kier alpha value is -1.89. The number of nitrogens with one attached hydrogen (secondary N) is 1. The van der Waals surface area contributed by atoms with Gasteiger partial charge in [-0.25, -0.2) is 13.1 Å². The van der Waals surface area contributed by atoms with E-state index in [4.69, 9.17) is 9.47 Å². The number of methoxy groups -OCH3 is 1. The van der Waals surface area contributed by atoms with Crippen molar-refractivity contribution in [2.24, 2.45) is 0 Å². The Morgan fingerprint density at radius 1 is 1.11 bits per heavy atom. The van der Waals surface area contributed by atoms with E-state index in [0.717, 1.165) is 17.7 Å². The van der Waals surface area contributed by atoms with Crippen molar-refractivity contribution in [3.8, 4) is 5.75 Å². The SMILES string of the molecule is CCCOc1ccc(S(=O)(=O)NCC2(OC)Cc3ccccc3C2)cc1C. The van der Waals surface area contributed by atoms with Gasteiger partial charge in [-0.2, -0.15) is 0 Å². The molecular weight excluding hydrogens is 362 g/mol. The highest BCUT2D eigenvalue weighted by Gasteiger charge is 2.38. The van der Waals surface area contributed by atoms with Crippen LogP contribution >= 0.6 is 0 Å². The number of rotatable bonds is 8. The van der Waals surface area contributed by atoms with Crippen LogP contribution in [0.5, 0.6) is 5.75 Å². The molecule has 0 aromatic heterocycles. The third kappa shape index (κ3) is 4.34. The van der Waals surface area contributed by atoms with Gasteiger partial charge in [-0.05, 0) is 48.2 Å². The number of benzene rings is 2. The van der Waals surface area contributed by atoms with E-state index in [1.165, 1.54) is 11.1 Å². The Morgan fingerprint density at radius 2 is 1.78 bits per heavy atom. The highest BCUT2D eigenvalue weighted by molar-refractivity contribution is 7.89. The second-order valence-corrected chi connectivity index (χ2v) is 8.88. The number of fused-ring (bicyclic) bond motifs is 1. The Morgan fingerprint density at radius 3 is 2.33 bits per heavy atom. The van der Waals surface area contributed by atoms with Crippen LogP contribution in [0.15, 0.2) is 47.4 Å². The van der Waals surface area contributed by atoms with Crippen molar-refractivity contribution in [1.29, 1.82) is 0 Å². The first-order chi connectivity index (χ1) is 12.9. The van der Waals surface area contributed by atoms with Gasteiger partial charge >= 0.3 is 0 Å². The van der Waals surface area contributed by atoms with Gasteiger partial charge in [-0.3, -0.25) is 0 Å². The van der Waals surface area contributed by atoms with Gasteiger partial charge < -0.3 is 9.47 Å². The molecule has 6 heteroatoms. The van der Waals surface area contributed by atoms with Crippen LogP contribution in [-0.2, 0) is 27.6 Å². The second kappa shape index (κ2) is 8.00. The first-order valence-electron chi connectivity index (χ1n) is 9.24. The average molecular weight is 390 g/mol. The molecule has 0 saturated heterocycles. The van der Waals surface area contributed by atoms with Gasteiger partial charge in [0.25, 0.3) is 0 Å². The molecule has 0 radical (unpaired) electrons. The maximum absolute atomic E-state index is 12.8. The molecule has 2 aromatic carbocycles. The summed E-state index contributed by atoms with van der Waals surface area (Å²) in [5.41, 5.74) is 2.69. The van der Waals surface area contributed by atoms with Crippen LogP contribution in [-0.4, -0.2) is 34.3 Å². The zero-order chi connectivity index (χ0) is 19.5. The van der Waals surface area contributed by atoms with Gasteiger partial charge in [0.1, 0.15) is 5.75 Å². The monoisotopic (exact) mass is 389 g/mol. The fraction of sp³-hybridized carbons (Fsp3) is 0.429. The summed E-state index contributed by atoms with van der Waals surface area (Å²) in [5.74, 6) is 0.718. The third-order valence-corrected chi connectivity index (χ3v) is 6.48. The molecule has 0 unspecified atom stereocenters. The summed E-state index contributed by atoms with van der Waals surface area (Å²) in [6, 6.07) is 13.1. The summed E-state index contributed by atoms with van der Waals surface area (Å²) in [7, 11) is -1.99. The Bertz CT molecular complexity index is 883. The van der Waals surface area contributed by atoms with Crippen LogP contribution in [0, 0.1) is 6.92 Å². The zero-order valence-electron chi connectivity index (χ0n) is 16.1. The molecule has 0 fully saturated rings. The smallest absolute Gasteiger partial charge is 0.240 e. The van der Waals surface area contributed by atoms with Crippen LogP contribution in [0.2, 0.25) is 0 Å². The summed E-state index contributed by atoms with van der Waals surface area (Å²) in [5, 5.41) is 0. The van der Waals surface area contributed by atoms with E-state index < -0.39 is 15.6 Å². The fourth-order valence-electron chi connectivity index (χ4n) is 3.47. The molecule has 0 bridgehead atoms. The number of ether oxygens (including phenoxy) is 2. The standard InChI is InChI=1S/C21H27NO4S/c1-4-11-26-20-10-9-19(12-16(20)2)27(23,24)22-15-21(25-3)13-17-7-5-6-8-18(17)14-21/h5-10,12,22H,4,11,13-15H2,1-3H3. The minimum Gasteiger partial charge on any atom is -0.493 e. The molecule has 0 amide bonds. The molecule has 0 saturated carbocycles. The average Bonchev–Trinajstić information content (AvgIpc) is 3.05. The Kier molecular flexibility index (Phi) is 5.89. The van der Waals surface area contributed by atoms with Gasteiger partial charge in [-0.1, -0.05) is 31.2 Å². The van der Waals surface area contributed by atoms with Crippen molar-refractivity contribution in [2.75, 3.05) is 20.3 Å². The van der Waals surface area contributed by atoms with Gasteiger partial charge in [0, 0.05) is 26.5 Å². The van der Waals surface area contributed by atoms with Gasteiger partial charge in [0.2, 0.25) is 10.0 Å². The van der Waals surface area contributed by atoms with Crippen LogP contribution in [0.4, 0.5) is 0 Å². The largest absolute Gasteiger partial charge is 0.493 e. The lowest BCUT2D eigenvalue weighted by molar-refractivity contribution is 0.00378. The predicted octanol–water partition coefficient (Wildman–Crippen LogP) is 3.25. The van der Waals surface area contributed by atoms with Gasteiger partial charge in [-0.15, -0.1) is 0 Å². The second-order valence-electron chi connectivity index (χ2n) is 7.11. The maximum atomic E-state index is 12.8. The molecule has 3 rings (SSSR count). The molecule has 0 atom stereocenters. The van der Waals surface area contributed by atoms with Crippen LogP contribution in [0.25, 0.3) is 0 Å². The first kappa shape index (κ1) is 19.9. The first-order valence-corrected chi connectivity index (χ1v) is 10.7. The summed E-state index contributed by atoms with van der Waals surface area (Å²) in [6.07, 6.45) is 2.30. The van der Waals surface area contributed by atoms with E-state index in [1.807, 2.05) is 26.0 Å². The van der Waals surface area contributed by atoms with E-state index in [1.54, 1.807) is 25.3 Å². The highest BCUT2D eigenvalue weighted by Crippen LogP contribution is 2.32. The van der Waals surface area contributed by atoms with Crippen molar-refractivity contribution in [3.05, 3.63) is 59.2 Å². The molecule has 1 aliphatic carbocycles. The van der Waals surface area contributed by atoms with Crippen LogP contribution < -0.4 is 9.46 Å². The minimum atomic E-state index is -3.63. The Balaban J connectivity index is 1.72. The molecular formula is C21H27NO4S. The Labute approximate surface area is 161 Å². The van der Waals surface area contributed by atoms with E-state index >= 15 is 0 Å². The molecule has 2 aromatic rings. The summed E-state index contributed by atoms with van der Waals surface area (Å²) >= 11 is 0. The number of hydrogen-bond acceptors (Lipinski definition) is 4. The lowest BCUT2D eigenvalue weighted by Crippen LogP contribution is -2.45. The normalized spacial score (nSPS) is 15.5. The molecule has 27 heavy (non-hydrogen) atoms. The summed E-state index contributed by atoms with van der Waals surface area (Å²) in [6.45, 7) is 4.73. The maximum Gasteiger partial charge on any atom is 0.240 e. The van der Waals surface area contributed by atoms with Crippen molar-refractivity contribution >= 4 is 10.0 Å². The minimum absolute atomic E-state index is 0.230. The fourth-order valence-corrected chi connectivity index (χ4v) is 4.67. The summed E-state index contributed by atoms with van der Waals surface area (Å²) < 4.78 is 39.7. The lowest BCUT2D eigenvalue weighted by Gasteiger charge is -2.27. The van der Waals surface area contributed by atoms with E-state index in [2.05, 4.69) is 16.9 Å². The van der Waals surface area contributed by atoms with Crippen molar-refractivity contribution in [1.82, 2.24) is 4.72 Å².